The Labute approximate surface area is 152 Å². The Morgan fingerprint density at radius 2 is 1.92 bits per heavy atom. The lowest BCUT2D eigenvalue weighted by Crippen LogP contribution is -2.35. The maximum Gasteiger partial charge on any atom is 0.265 e. The molecule has 2 aromatic rings. The predicted octanol–water partition coefficient (Wildman–Crippen LogP) is 3.76. The average Bonchev–Trinajstić information content (AvgIpc) is 2.75. The van der Waals surface area contributed by atoms with Crippen molar-refractivity contribution in [3.63, 3.8) is 0 Å². The molecule has 1 aromatic heterocycles. The third kappa shape index (κ3) is 4.15. The molecule has 4 nitrogen and oxygen atoms in total. The lowest BCUT2D eigenvalue weighted by atomic mass is 10.2. The summed E-state index contributed by atoms with van der Waals surface area (Å²) in [5, 5.41) is 1.72. The summed E-state index contributed by atoms with van der Waals surface area (Å²) in [5.41, 5.74) is 2.11. The Bertz CT molecular complexity index is 714. The van der Waals surface area contributed by atoms with Crippen LogP contribution in [0.2, 0.25) is 5.02 Å². The van der Waals surface area contributed by atoms with Gasteiger partial charge in [0.1, 0.15) is 4.88 Å². The fourth-order valence-electron chi connectivity index (χ4n) is 3.05. The van der Waals surface area contributed by atoms with E-state index in [1.807, 2.05) is 30.9 Å². The van der Waals surface area contributed by atoms with Crippen LogP contribution in [0.4, 0.5) is 0 Å². The zero-order valence-electron chi connectivity index (χ0n) is 14.1. The van der Waals surface area contributed by atoms with Gasteiger partial charge >= 0.3 is 0 Å². The molecule has 0 atom stereocenters. The smallest absolute Gasteiger partial charge is 0.265 e. The van der Waals surface area contributed by atoms with Gasteiger partial charge < -0.3 is 4.90 Å². The largest absolute Gasteiger partial charge is 0.337 e. The number of benzene rings is 1. The number of aromatic nitrogens is 1. The quantitative estimate of drug-likeness (QED) is 0.833. The maximum absolute atomic E-state index is 12.8. The van der Waals surface area contributed by atoms with Crippen molar-refractivity contribution in [3.8, 4) is 0 Å². The summed E-state index contributed by atoms with van der Waals surface area (Å²) in [6, 6.07) is 8.00. The number of aryl methyl sites for hydroxylation is 2. The van der Waals surface area contributed by atoms with Gasteiger partial charge in [-0.3, -0.25) is 9.69 Å². The lowest BCUT2D eigenvalue weighted by Gasteiger charge is -2.22. The molecule has 1 aliphatic rings. The van der Waals surface area contributed by atoms with E-state index in [-0.39, 0.29) is 5.91 Å². The summed E-state index contributed by atoms with van der Waals surface area (Å²) in [6.45, 7) is 8.25. The van der Waals surface area contributed by atoms with Crippen molar-refractivity contribution in [2.45, 2.75) is 26.8 Å². The second kappa shape index (κ2) is 7.64. The summed E-state index contributed by atoms with van der Waals surface area (Å²) in [5.74, 6) is 0.131. The van der Waals surface area contributed by atoms with Crippen molar-refractivity contribution in [1.29, 1.82) is 0 Å². The van der Waals surface area contributed by atoms with E-state index in [0.717, 1.165) is 59.7 Å². The van der Waals surface area contributed by atoms with Crippen molar-refractivity contribution in [2.24, 2.45) is 0 Å². The highest BCUT2D eigenvalue weighted by Gasteiger charge is 2.23. The number of thiazole rings is 1. The third-order valence-corrected chi connectivity index (χ3v) is 5.61. The summed E-state index contributed by atoms with van der Waals surface area (Å²) in [7, 11) is 0. The Balaban J connectivity index is 1.61. The van der Waals surface area contributed by atoms with Gasteiger partial charge in [0.15, 0.2) is 0 Å². The van der Waals surface area contributed by atoms with Crippen molar-refractivity contribution < 1.29 is 4.79 Å². The highest BCUT2D eigenvalue weighted by atomic mass is 35.5. The van der Waals surface area contributed by atoms with E-state index < -0.39 is 0 Å². The first-order chi connectivity index (χ1) is 11.5. The predicted molar refractivity (Wildman–Crippen MR) is 98.8 cm³/mol. The molecule has 0 unspecified atom stereocenters. The first-order valence-corrected chi connectivity index (χ1v) is 9.42. The number of rotatable bonds is 3. The minimum absolute atomic E-state index is 0.131. The topological polar surface area (TPSA) is 36.4 Å². The molecule has 1 aromatic carbocycles. The van der Waals surface area contributed by atoms with Gasteiger partial charge in [0.05, 0.1) is 10.7 Å². The third-order valence-electron chi connectivity index (χ3n) is 4.29. The van der Waals surface area contributed by atoms with Crippen LogP contribution in [0, 0.1) is 13.8 Å². The molecule has 3 rings (SSSR count). The molecule has 1 amide bonds. The molecule has 1 fully saturated rings. The first kappa shape index (κ1) is 17.4. The Kier molecular flexibility index (Phi) is 5.54. The van der Waals surface area contributed by atoms with Crippen molar-refractivity contribution in [1.82, 2.24) is 14.8 Å². The Hall–Kier alpha value is -1.43. The minimum atomic E-state index is 0.131. The second-order valence-corrected chi connectivity index (χ2v) is 7.84. The lowest BCUT2D eigenvalue weighted by molar-refractivity contribution is 0.0765. The van der Waals surface area contributed by atoms with Crippen LogP contribution >= 0.6 is 22.9 Å². The first-order valence-electron chi connectivity index (χ1n) is 8.23. The Morgan fingerprint density at radius 1 is 1.17 bits per heavy atom. The minimum Gasteiger partial charge on any atom is -0.337 e. The molecule has 0 bridgehead atoms. The molecule has 24 heavy (non-hydrogen) atoms. The van der Waals surface area contributed by atoms with Gasteiger partial charge in [0.2, 0.25) is 0 Å². The standard InChI is InChI=1S/C18H22ClN3OS/c1-13-17(24-14(2)20-13)18(23)22-9-3-8-21(10-11-22)12-15-4-6-16(19)7-5-15/h4-7H,3,8-12H2,1-2H3. The zero-order chi connectivity index (χ0) is 17.1. The molecular formula is C18H22ClN3OS. The van der Waals surface area contributed by atoms with E-state index in [2.05, 4.69) is 22.0 Å². The molecule has 1 aliphatic heterocycles. The summed E-state index contributed by atoms with van der Waals surface area (Å²) in [4.78, 5) is 22.3. The highest BCUT2D eigenvalue weighted by molar-refractivity contribution is 7.13. The van der Waals surface area contributed by atoms with E-state index in [4.69, 9.17) is 11.6 Å². The average molecular weight is 364 g/mol. The van der Waals surface area contributed by atoms with Gasteiger partial charge in [-0.2, -0.15) is 0 Å². The Morgan fingerprint density at radius 3 is 2.58 bits per heavy atom. The molecular weight excluding hydrogens is 342 g/mol. The number of hydrogen-bond donors (Lipinski definition) is 0. The van der Waals surface area contributed by atoms with E-state index in [0.29, 0.717) is 0 Å². The van der Waals surface area contributed by atoms with Gasteiger partial charge in [-0.05, 0) is 38.0 Å². The number of amides is 1. The SMILES string of the molecule is Cc1nc(C)c(C(=O)N2CCCN(Cc3ccc(Cl)cc3)CC2)s1. The van der Waals surface area contributed by atoms with Crippen molar-refractivity contribution >= 4 is 28.8 Å². The monoisotopic (exact) mass is 363 g/mol. The van der Waals surface area contributed by atoms with Crippen molar-refractivity contribution in [3.05, 3.63) is 50.4 Å². The number of carbonyl (C=O) groups excluding carboxylic acids is 1. The van der Waals surface area contributed by atoms with Crippen LogP contribution in [-0.2, 0) is 6.54 Å². The molecule has 0 aliphatic carbocycles. The molecule has 0 N–H and O–H groups in total. The van der Waals surface area contributed by atoms with Gasteiger partial charge in [-0.25, -0.2) is 4.98 Å². The maximum atomic E-state index is 12.8. The van der Waals surface area contributed by atoms with Gasteiger partial charge in [0, 0.05) is 37.7 Å². The molecule has 6 heteroatoms. The summed E-state index contributed by atoms with van der Waals surface area (Å²) in [6.07, 6.45) is 0.996. The van der Waals surface area contributed by atoms with E-state index in [9.17, 15) is 4.79 Å². The van der Waals surface area contributed by atoms with E-state index in [1.54, 1.807) is 0 Å². The molecule has 0 spiro atoms. The summed E-state index contributed by atoms with van der Waals surface area (Å²) < 4.78 is 0. The van der Waals surface area contributed by atoms with Crippen LogP contribution in [0.3, 0.4) is 0 Å². The van der Waals surface area contributed by atoms with Gasteiger partial charge in [-0.1, -0.05) is 23.7 Å². The second-order valence-electron chi connectivity index (χ2n) is 6.20. The van der Waals surface area contributed by atoms with E-state index >= 15 is 0 Å². The molecule has 0 saturated carbocycles. The number of hydrogen-bond acceptors (Lipinski definition) is 4. The van der Waals surface area contributed by atoms with Gasteiger partial charge in [0.25, 0.3) is 5.91 Å². The van der Waals surface area contributed by atoms with Crippen LogP contribution in [0.15, 0.2) is 24.3 Å². The highest BCUT2D eigenvalue weighted by Crippen LogP contribution is 2.20. The van der Waals surface area contributed by atoms with Crippen LogP contribution in [-0.4, -0.2) is 46.9 Å². The number of nitrogens with zero attached hydrogens (tertiary/aromatic N) is 3. The van der Waals surface area contributed by atoms with Crippen LogP contribution in [0.25, 0.3) is 0 Å². The number of carbonyl (C=O) groups is 1. The van der Waals surface area contributed by atoms with Crippen LogP contribution in [0.5, 0.6) is 0 Å². The molecule has 2 heterocycles. The molecule has 0 radical (unpaired) electrons. The number of halogens is 1. The fourth-order valence-corrected chi connectivity index (χ4v) is 4.07. The molecule has 1 saturated heterocycles. The van der Waals surface area contributed by atoms with Gasteiger partial charge in [-0.15, -0.1) is 11.3 Å². The van der Waals surface area contributed by atoms with E-state index in [1.165, 1.54) is 16.9 Å². The zero-order valence-corrected chi connectivity index (χ0v) is 15.7. The summed E-state index contributed by atoms with van der Waals surface area (Å²) >= 11 is 7.44. The molecule has 128 valence electrons. The fraction of sp³-hybridized carbons (Fsp3) is 0.444. The van der Waals surface area contributed by atoms with Crippen molar-refractivity contribution in [2.75, 3.05) is 26.2 Å². The van der Waals surface area contributed by atoms with Crippen LogP contribution < -0.4 is 0 Å². The van der Waals surface area contributed by atoms with Crippen LogP contribution in [0.1, 0.15) is 32.4 Å². The normalized spacial score (nSPS) is 16.2.